The summed E-state index contributed by atoms with van der Waals surface area (Å²) >= 11 is 5.96. The summed E-state index contributed by atoms with van der Waals surface area (Å²) in [6, 6.07) is 9.23. The van der Waals surface area contributed by atoms with Crippen LogP contribution in [0.1, 0.15) is 30.8 Å². The van der Waals surface area contributed by atoms with E-state index in [4.69, 9.17) is 11.6 Å². The third-order valence-corrected chi connectivity index (χ3v) is 3.91. The van der Waals surface area contributed by atoms with E-state index in [-0.39, 0.29) is 18.4 Å². The Bertz CT molecular complexity index is 816. The number of aromatic nitrogens is 3. The SMILES string of the molecule is CC[C@@H](NC(=O)Cc1nc2ccc(Cl)cc2[nH]1)c1ccncc1. The number of amides is 1. The first-order valence-corrected chi connectivity index (χ1v) is 7.87. The van der Waals surface area contributed by atoms with Gasteiger partial charge in [0, 0.05) is 17.4 Å². The first kappa shape index (κ1) is 15.5. The third-order valence-electron chi connectivity index (χ3n) is 3.67. The number of imidazole rings is 1. The molecule has 0 aliphatic carbocycles. The van der Waals surface area contributed by atoms with Crippen LogP contribution in [0.25, 0.3) is 11.0 Å². The van der Waals surface area contributed by atoms with Crippen molar-refractivity contribution in [2.24, 2.45) is 0 Å². The van der Waals surface area contributed by atoms with Crippen LogP contribution in [0.15, 0.2) is 42.7 Å². The smallest absolute Gasteiger partial charge is 0.228 e. The van der Waals surface area contributed by atoms with E-state index in [1.165, 1.54) is 0 Å². The van der Waals surface area contributed by atoms with Gasteiger partial charge in [-0.3, -0.25) is 9.78 Å². The summed E-state index contributed by atoms with van der Waals surface area (Å²) in [6.45, 7) is 2.04. The zero-order valence-electron chi connectivity index (χ0n) is 12.7. The van der Waals surface area contributed by atoms with Gasteiger partial charge >= 0.3 is 0 Å². The number of carbonyl (C=O) groups excluding carboxylic acids is 1. The fourth-order valence-corrected chi connectivity index (χ4v) is 2.70. The Hall–Kier alpha value is -2.40. The maximum absolute atomic E-state index is 12.3. The third kappa shape index (κ3) is 3.68. The molecule has 0 radical (unpaired) electrons. The van der Waals surface area contributed by atoms with E-state index in [2.05, 4.69) is 20.3 Å². The lowest BCUT2D eigenvalue weighted by Gasteiger charge is -2.16. The van der Waals surface area contributed by atoms with Gasteiger partial charge in [-0.05, 0) is 42.3 Å². The van der Waals surface area contributed by atoms with E-state index in [1.807, 2.05) is 25.1 Å². The molecule has 23 heavy (non-hydrogen) atoms. The van der Waals surface area contributed by atoms with Gasteiger partial charge in [-0.2, -0.15) is 0 Å². The Labute approximate surface area is 139 Å². The number of fused-ring (bicyclic) bond motifs is 1. The quantitative estimate of drug-likeness (QED) is 0.754. The average Bonchev–Trinajstić information content (AvgIpc) is 2.94. The molecule has 5 nitrogen and oxygen atoms in total. The van der Waals surface area contributed by atoms with Crippen molar-refractivity contribution >= 4 is 28.5 Å². The average molecular weight is 329 g/mol. The summed E-state index contributed by atoms with van der Waals surface area (Å²) in [4.78, 5) is 23.8. The van der Waals surface area contributed by atoms with Crippen molar-refractivity contribution in [1.29, 1.82) is 0 Å². The molecule has 0 saturated heterocycles. The zero-order valence-corrected chi connectivity index (χ0v) is 13.5. The lowest BCUT2D eigenvalue weighted by molar-refractivity contribution is -0.121. The monoisotopic (exact) mass is 328 g/mol. The van der Waals surface area contributed by atoms with Gasteiger partial charge in [0.15, 0.2) is 0 Å². The normalized spacial score (nSPS) is 12.3. The van der Waals surface area contributed by atoms with Gasteiger partial charge in [0.1, 0.15) is 5.82 Å². The van der Waals surface area contributed by atoms with Crippen molar-refractivity contribution in [1.82, 2.24) is 20.3 Å². The molecule has 1 aromatic carbocycles. The lowest BCUT2D eigenvalue weighted by Crippen LogP contribution is -2.29. The Balaban J connectivity index is 1.70. The summed E-state index contributed by atoms with van der Waals surface area (Å²) in [5, 5.41) is 3.67. The van der Waals surface area contributed by atoms with E-state index < -0.39 is 0 Å². The molecule has 0 saturated carbocycles. The van der Waals surface area contributed by atoms with Gasteiger partial charge in [-0.15, -0.1) is 0 Å². The summed E-state index contributed by atoms with van der Waals surface area (Å²) in [5.74, 6) is 0.558. The minimum atomic E-state index is -0.0705. The first-order chi connectivity index (χ1) is 11.2. The molecule has 3 rings (SSSR count). The Morgan fingerprint density at radius 3 is 2.83 bits per heavy atom. The second kappa shape index (κ2) is 6.79. The number of carbonyl (C=O) groups is 1. The maximum atomic E-state index is 12.3. The number of aromatic amines is 1. The molecule has 2 N–H and O–H groups in total. The standard InChI is InChI=1S/C17H17ClN4O/c1-2-13(11-5-7-19-8-6-11)22-17(23)10-16-20-14-4-3-12(18)9-15(14)21-16/h3-9,13H,2,10H2,1H3,(H,20,21)(H,22,23)/t13-/m1/s1. The van der Waals surface area contributed by atoms with E-state index in [0.717, 1.165) is 23.0 Å². The molecule has 0 unspecified atom stereocenters. The minimum absolute atomic E-state index is 0.0238. The van der Waals surface area contributed by atoms with Crippen LogP contribution in [0.2, 0.25) is 5.02 Å². The van der Waals surface area contributed by atoms with E-state index in [0.29, 0.717) is 10.8 Å². The molecule has 118 valence electrons. The van der Waals surface area contributed by atoms with Crippen LogP contribution in [0.3, 0.4) is 0 Å². The predicted octanol–water partition coefficient (Wildman–Crippen LogP) is 3.42. The van der Waals surface area contributed by atoms with E-state index >= 15 is 0 Å². The number of pyridine rings is 1. The number of benzene rings is 1. The molecule has 0 bridgehead atoms. The van der Waals surface area contributed by atoms with Crippen LogP contribution in [0, 0.1) is 0 Å². The predicted molar refractivity (Wildman–Crippen MR) is 90.2 cm³/mol. The molecule has 0 aliphatic rings. The number of rotatable bonds is 5. The summed E-state index contributed by atoms with van der Waals surface area (Å²) in [6.07, 6.45) is 4.47. The molecule has 1 amide bonds. The zero-order chi connectivity index (χ0) is 16.2. The van der Waals surface area contributed by atoms with Crippen LogP contribution < -0.4 is 5.32 Å². The van der Waals surface area contributed by atoms with E-state index in [9.17, 15) is 4.79 Å². The fourth-order valence-electron chi connectivity index (χ4n) is 2.53. The molecule has 2 aromatic heterocycles. The van der Waals surface area contributed by atoms with Crippen molar-refractivity contribution in [2.45, 2.75) is 25.8 Å². The molecule has 2 heterocycles. The number of nitrogens with one attached hydrogen (secondary N) is 2. The highest BCUT2D eigenvalue weighted by atomic mass is 35.5. The van der Waals surface area contributed by atoms with Crippen LogP contribution in [0.5, 0.6) is 0 Å². The van der Waals surface area contributed by atoms with Crippen molar-refractivity contribution in [3.8, 4) is 0 Å². The minimum Gasteiger partial charge on any atom is -0.349 e. The number of H-pyrrole nitrogens is 1. The van der Waals surface area contributed by atoms with Crippen LogP contribution in [-0.2, 0) is 11.2 Å². The summed E-state index contributed by atoms with van der Waals surface area (Å²) in [7, 11) is 0. The molecule has 0 fully saturated rings. The van der Waals surface area contributed by atoms with Crippen molar-refractivity contribution in [3.63, 3.8) is 0 Å². The maximum Gasteiger partial charge on any atom is 0.228 e. The van der Waals surface area contributed by atoms with Crippen LogP contribution in [-0.4, -0.2) is 20.9 Å². The van der Waals surface area contributed by atoms with Crippen LogP contribution in [0.4, 0.5) is 0 Å². The fraction of sp³-hybridized carbons (Fsp3) is 0.235. The van der Waals surface area contributed by atoms with Gasteiger partial charge in [0.05, 0.1) is 23.5 Å². The molecule has 6 heteroatoms. The van der Waals surface area contributed by atoms with Crippen molar-refractivity contribution in [3.05, 3.63) is 59.1 Å². The molecular formula is C17H17ClN4O. The Kier molecular flexibility index (Phi) is 4.57. The van der Waals surface area contributed by atoms with Crippen molar-refractivity contribution in [2.75, 3.05) is 0 Å². The van der Waals surface area contributed by atoms with Crippen LogP contribution >= 0.6 is 11.6 Å². The highest BCUT2D eigenvalue weighted by Crippen LogP contribution is 2.18. The highest BCUT2D eigenvalue weighted by molar-refractivity contribution is 6.31. The largest absolute Gasteiger partial charge is 0.349 e. The molecule has 3 aromatic rings. The highest BCUT2D eigenvalue weighted by Gasteiger charge is 2.14. The van der Waals surface area contributed by atoms with Crippen molar-refractivity contribution < 1.29 is 4.79 Å². The lowest BCUT2D eigenvalue weighted by atomic mass is 10.1. The summed E-state index contributed by atoms with van der Waals surface area (Å²) < 4.78 is 0. The van der Waals surface area contributed by atoms with Gasteiger partial charge in [0.2, 0.25) is 5.91 Å². The number of nitrogens with zero attached hydrogens (tertiary/aromatic N) is 2. The number of hydrogen-bond acceptors (Lipinski definition) is 3. The second-order valence-electron chi connectivity index (χ2n) is 5.33. The Morgan fingerprint density at radius 2 is 2.09 bits per heavy atom. The molecule has 1 atom stereocenters. The molecular weight excluding hydrogens is 312 g/mol. The van der Waals surface area contributed by atoms with Gasteiger partial charge in [0.25, 0.3) is 0 Å². The topological polar surface area (TPSA) is 70.7 Å². The van der Waals surface area contributed by atoms with E-state index in [1.54, 1.807) is 24.5 Å². The molecule has 0 spiro atoms. The van der Waals surface area contributed by atoms with Gasteiger partial charge < -0.3 is 10.3 Å². The Morgan fingerprint density at radius 1 is 1.30 bits per heavy atom. The number of hydrogen-bond donors (Lipinski definition) is 2. The van der Waals surface area contributed by atoms with Gasteiger partial charge in [-0.25, -0.2) is 4.98 Å². The number of halogens is 1. The second-order valence-corrected chi connectivity index (χ2v) is 5.77. The van der Waals surface area contributed by atoms with Gasteiger partial charge in [-0.1, -0.05) is 18.5 Å². The molecule has 0 aliphatic heterocycles. The first-order valence-electron chi connectivity index (χ1n) is 7.49. The summed E-state index contributed by atoms with van der Waals surface area (Å²) in [5.41, 5.74) is 2.69.